The Morgan fingerprint density at radius 2 is 0.605 bits per heavy atom. The zero-order valence-electron chi connectivity index (χ0n) is 58.1. The van der Waals surface area contributed by atoms with Crippen LogP contribution in [-0.4, -0.2) is 47.4 Å². The van der Waals surface area contributed by atoms with Gasteiger partial charge in [-0.1, -0.05) is 377 Å². The van der Waals surface area contributed by atoms with E-state index in [4.69, 9.17) is 4.74 Å². The van der Waals surface area contributed by atoms with Crippen LogP contribution < -0.4 is 5.32 Å². The number of amides is 1. The maximum atomic E-state index is 12.5. The van der Waals surface area contributed by atoms with E-state index >= 15 is 0 Å². The second-order valence-corrected chi connectivity index (χ2v) is 26.7. The van der Waals surface area contributed by atoms with Crippen LogP contribution in [0.2, 0.25) is 0 Å². The minimum Gasteiger partial charge on any atom is -0.466 e. The van der Waals surface area contributed by atoms with Gasteiger partial charge in [-0.15, -0.1) is 0 Å². The summed E-state index contributed by atoms with van der Waals surface area (Å²) in [5.74, 6) is -0.0572. The Morgan fingerprint density at radius 3 is 0.942 bits per heavy atom. The van der Waals surface area contributed by atoms with Gasteiger partial charge >= 0.3 is 5.97 Å². The number of allylic oxidation sites excluding steroid dienone is 7. The van der Waals surface area contributed by atoms with Gasteiger partial charge in [-0.05, 0) is 83.5 Å². The van der Waals surface area contributed by atoms with E-state index in [1.54, 1.807) is 6.08 Å². The molecule has 0 aromatic carbocycles. The Hall–Kier alpha value is -2.18. The minimum absolute atomic E-state index is 0.00332. The number of unbranched alkanes of at least 4 members (excludes halogenated alkanes) is 56. The van der Waals surface area contributed by atoms with Gasteiger partial charge in [-0.2, -0.15) is 0 Å². The fourth-order valence-electron chi connectivity index (χ4n) is 12.1. The van der Waals surface area contributed by atoms with Crippen LogP contribution in [0.25, 0.3) is 0 Å². The molecule has 506 valence electrons. The number of esters is 1. The third kappa shape index (κ3) is 70.9. The Bertz CT molecular complexity index is 1440. The minimum atomic E-state index is -0.844. The predicted molar refractivity (Wildman–Crippen MR) is 379 cm³/mol. The van der Waals surface area contributed by atoms with Crippen LogP contribution in [0.5, 0.6) is 0 Å². The van der Waals surface area contributed by atoms with Crippen molar-refractivity contribution in [1.29, 1.82) is 0 Å². The molecule has 86 heavy (non-hydrogen) atoms. The van der Waals surface area contributed by atoms with E-state index in [1.165, 1.54) is 347 Å². The van der Waals surface area contributed by atoms with Crippen LogP contribution in [0.15, 0.2) is 48.6 Å². The summed E-state index contributed by atoms with van der Waals surface area (Å²) >= 11 is 0. The summed E-state index contributed by atoms with van der Waals surface area (Å²) in [7, 11) is 0. The first kappa shape index (κ1) is 83.8. The van der Waals surface area contributed by atoms with Crippen LogP contribution >= 0.6 is 0 Å². The number of hydrogen-bond donors (Lipinski definition) is 3. The molecule has 0 aromatic rings. The molecule has 6 nitrogen and oxygen atoms in total. The normalized spacial score (nSPS) is 12.7. The number of aliphatic hydroxyl groups is 2. The molecule has 0 aliphatic heterocycles. The van der Waals surface area contributed by atoms with Crippen molar-refractivity contribution in [2.45, 2.75) is 437 Å². The predicted octanol–water partition coefficient (Wildman–Crippen LogP) is 25.6. The highest BCUT2D eigenvalue weighted by Crippen LogP contribution is 2.19. The Kier molecular flexibility index (Phi) is 73.4. The second-order valence-electron chi connectivity index (χ2n) is 26.7. The number of nitrogens with one attached hydrogen (secondary N) is 1. The molecular formula is C80H151NO5. The topological polar surface area (TPSA) is 95.9 Å². The summed E-state index contributed by atoms with van der Waals surface area (Å²) < 4.78 is 5.48. The zero-order valence-corrected chi connectivity index (χ0v) is 58.1. The first-order valence-electron chi connectivity index (χ1n) is 38.9. The first-order valence-corrected chi connectivity index (χ1v) is 38.9. The molecule has 0 radical (unpaired) electrons. The van der Waals surface area contributed by atoms with E-state index in [0.717, 1.165) is 51.4 Å². The average molecular weight is 1210 g/mol. The largest absolute Gasteiger partial charge is 0.466 e. The standard InChI is InChI=1S/C80H151NO5/c1-3-5-7-9-11-13-15-17-18-19-20-21-33-36-39-42-45-49-52-56-60-64-68-72-78(83)77(76-82)81-79(84)73-69-65-61-57-53-50-46-43-40-37-34-31-29-27-25-23-22-24-26-28-30-32-35-38-41-44-47-51-55-59-63-67-71-75-86-80(85)74-70-66-62-58-54-48-16-14-12-10-8-6-4-2/h8,10,14,16,26,28,68,72,77-78,82-83H,3-7,9,11-13,15,17-25,27,29-67,69-71,73-76H2,1-2H3,(H,81,84)/b10-8-,16-14-,28-26-,72-68+. The highest BCUT2D eigenvalue weighted by atomic mass is 16.5. The fourth-order valence-corrected chi connectivity index (χ4v) is 12.1. The van der Waals surface area contributed by atoms with Crippen molar-refractivity contribution in [3.8, 4) is 0 Å². The molecule has 0 aromatic heterocycles. The first-order chi connectivity index (χ1) is 42.5. The van der Waals surface area contributed by atoms with Gasteiger partial charge in [-0.3, -0.25) is 9.59 Å². The summed E-state index contributed by atoms with van der Waals surface area (Å²) in [6.45, 7) is 4.87. The molecule has 2 atom stereocenters. The lowest BCUT2D eigenvalue weighted by Crippen LogP contribution is -2.45. The van der Waals surface area contributed by atoms with E-state index in [9.17, 15) is 19.8 Å². The van der Waals surface area contributed by atoms with Gasteiger partial charge in [-0.25, -0.2) is 0 Å². The van der Waals surface area contributed by atoms with Gasteiger partial charge in [0.25, 0.3) is 0 Å². The smallest absolute Gasteiger partial charge is 0.305 e. The zero-order chi connectivity index (χ0) is 62.0. The molecular weight excluding hydrogens is 1050 g/mol. The van der Waals surface area contributed by atoms with Gasteiger partial charge in [0.2, 0.25) is 5.91 Å². The fraction of sp³-hybridized carbons (Fsp3) is 0.875. The lowest BCUT2D eigenvalue weighted by atomic mass is 10.0. The van der Waals surface area contributed by atoms with E-state index < -0.39 is 12.1 Å². The molecule has 0 rings (SSSR count). The number of ether oxygens (including phenoxy) is 1. The number of carbonyl (C=O) groups excluding carboxylic acids is 2. The van der Waals surface area contributed by atoms with Crippen LogP contribution in [-0.2, 0) is 14.3 Å². The lowest BCUT2D eigenvalue weighted by molar-refractivity contribution is -0.143. The highest BCUT2D eigenvalue weighted by molar-refractivity contribution is 5.76. The van der Waals surface area contributed by atoms with E-state index in [0.29, 0.717) is 19.4 Å². The second kappa shape index (κ2) is 75.3. The van der Waals surface area contributed by atoms with Crippen LogP contribution in [0.4, 0.5) is 0 Å². The van der Waals surface area contributed by atoms with Gasteiger partial charge in [0.15, 0.2) is 0 Å². The Labute approximate surface area is 537 Å². The van der Waals surface area contributed by atoms with Gasteiger partial charge < -0.3 is 20.3 Å². The van der Waals surface area contributed by atoms with Gasteiger partial charge in [0.05, 0.1) is 25.4 Å². The van der Waals surface area contributed by atoms with Crippen molar-refractivity contribution in [1.82, 2.24) is 5.32 Å². The molecule has 0 spiro atoms. The summed E-state index contributed by atoms with van der Waals surface area (Å²) in [6, 6.07) is -0.627. The molecule has 6 heteroatoms. The average Bonchev–Trinajstić information content (AvgIpc) is 3.55. The lowest BCUT2D eigenvalue weighted by Gasteiger charge is -2.20. The van der Waals surface area contributed by atoms with Gasteiger partial charge in [0, 0.05) is 12.8 Å². The summed E-state index contributed by atoms with van der Waals surface area (Å²) in [5.41, 5.74) is 0. The summed E-state index contributed by atoms with van der Waals surface area (Å²) in [5, 5.41) is 23.3. The van der Waals surface area contributed by atoms with Gasteiger partial charge in [0.1, 0.15) is 0 Å². The van der Waals surface area contributed by atoms with E-state index in [1.807, 2.05) is 6.08 Å². The van der Waals surface area contributed by atoms with Crippen molar-refractivity contribution in [2.75, 3.05) is 13.2 Å². The van der Waals surface area contributed by atoms with Crippen molar-refractivity contribution >= 4 is 11.9 Å². The van der Waals surface area contributed by atoms with E-state index in [2.05, 4.69) is 55.6 Å². The monoisotopic (exact) mass is 1210 g/mol. The number of aliphatic hydroxyl groups excluding tert-OH is 2. The molecule has 0 aliphatic carbocycles. The number of hydrogen-bond acceptors (Lipinski definition) is 5. The maximum absolute atomic E-state index is 12.5. The van der Waals surface area contributed by atoms with E-state index in [-0.39, 0.29) is 18.5 Å². The molecule has 0 saturated carbocycles. The van der Waals surface area contributed by atoms with Crippen molar-refractivity contribution < 1.29 is 24.5 Å². The van der Waals surface area contributed by atoms with Crippen LogP contribution in [0, 0.1) is 0 Å². The van der Waals surface area contributed by atoms with Crippen LogP contribution in [0.1, 0.15) is 425 Å². The Balaban J connectivity index is 3.38. The molecule has 0 fully saturated rings. The molecule has 0 heterocycles. The molecule has 0 saturated heterocycles. The maximum Gasteiger partial charge on any atom is 0.305 e. The third-order valence-electron chi connectivity index (χ3n) is 18.0. The number of rotatable bonds is 73. The SMILES string of the molecule is CCC/C=C\C/C=C\CCCCCCCC(=O)OCCCCCCCCCCCCCC/C=C\CCCCCCCCCCCCCCCCCCCC(=O)NC(CO)C(O)/C=C/CCCCCCCCCCCCCCCCCCCCCCC. The molecule has 2 unspecified atom stereocenters. The molecule has 0 aliphatic rings. The summed E-state index contributed by atoms with van der Waals surface area (Å²) in [6.07, 6.45) is 99.4. The molecule has 3 N–H and O–H groups in total. The summed E-state index contributed by atoms with van der Waals surface area (Å²) in [4.78, 5) is 24.6. The number of carbonyl (C=O) groups is 2. The van der Waals surface area contributed by atoms with Crippen molar-refractivity contribution in [3.63, 3.8) is 0 Å². The van der Waals surface area contributed by atoms with Crippen molar-refractivity contribution in [2.24, 2.45) is 0 Å². The third-order valence-corrected chi connectivity index (χ3v) is 18.0. The Morgan fingerprint density at radius 1 is 0.326 bits per heavy atom. The highest BCUT2D eigenvalue weighted by Gasteiger charge is 2.18. The molecule has 1 amide bonds. The van der Waals surface area contributed by atoms with Crippen molar-refractivity contribution in [3.05, 3.63) is 48.6 Å². The molecule has 0 bridgehead atoms. The quantitative estimate of drug-likeness (QED) is 0.0320. The van der Waals surface area contributed by atoms with Crippen LogP contribution in [0.3, 0.4) is 0 Å².